The van der Waals surface area contributed by atoms with E-state index in [2.05, 4.69) is 17.4 Å². The summed E-state index contributed by atoms with van der Waals surface area (Å²) in [5, 5.41) is 3.69. The Hall–Kier alpha value is -3.86. The van der Waals surface area contributed by atoms with E-state index < -0.39 is 5.63 Å². The molecule has 5 rings (SSSR count). The normalized spacial score (nSPS) is 14.1. The second-order valence-electron chi connectivity index (χ2n) is 8.81. The molecule has 1 amide bonds. The van der Waals surface area contributed by atoms with Gasteiger partial charge in [-0.05, 0) is 66.3 Å². The second kappa shape index (κ2) is 9.96. The number of fused-ring (bicyclic) bond motifs is 1. The number of nitrogens with one attached hydrogen (secondary N) is 1. The fourth-order valence-electron chi connectivity index (χ4n) is 4.65. The van der Waals surface area contributed by atoms with E-state index in [1.807, 2.05) is 42.5 Å². The highest BCUT2D eigenvalue weighted by Crippen LogP contribution is 2.33. The molecule has 0 saturated heterocycles. The molecule has 1 aliphatic carbocycles. The van der Waals surface area contributed by atoms with Crippen molar-refractivity contribution >= 4 is 22.6 Å². The van der Waals surface area contributed by atoms with Gasteiger partial charge in [-0.15, -0.1) is 0 Å². The molecule has 1 N–H and O–H groups in total. The minimum atomic E-state index is -0.415. The van der Waals surface area contributed by atoms with Crippen LogP contribution in [0.15, 0.2) is 88.1 Å². The molecule has 5 nitrogen and oxygen atoms in total. The monoisotopic (exact) mass is 453 g/mol. The van der Waals surface area contributed by atoms with Gasteiger partial charge in [0.2, 0.25) is 0 Å². The quantitative estimate of drug-likeness (QED) is 0.337. The summed E-state index contributed by atoms with van der Waals surface area (Å²) in [7, 11) is 0. The maximum atomic E-state index is 12.5. The van der Waals surface area contributed by atoms with Crippen molar-refractivity contribution < 1.29 is 13.9 Å². The molecule has 0 atom stereocenters. The Morgan fingerprint density at radius 1 is 0.912 bits per heavy atom. The Morgan fingerprint density at radius 3 is 2.53 bits per heavy atom. The number of hydrogen-bond donors (Lipinski definition) is 1. The number of carbonyl (C=O) groups excluding carboxylic acids is 1. The van der Waals surface area contributed by atoms with Crippen molar-refractivity contribution in [1.29, 1.82) is 0 Å². The van der Waals surface area contributed by atoms with Gasteiger partial charge < -0.3 is 14.5 Å². The van der Waals surface area contributed by atoms with E-state index in [4.69, 9.17) is 9.15 Å². The van der Waals surface area contributed by atoms with Crippen LogP contribution >= 0.6 is 0 Å². The highest BCUT2D eigenvalue weighted by atomic mass is 16.5. The average Bonchev–Trinajstić information content (AvgIpc) is 2.88. The third-order valence-corrected chi connectivity index (χ3v) is 6.43. The molecule has 1 fully saturated rings. The zero-order valence-electron chi connectivity index (χ0n) is 19.0. The van der Waals surface area contributed by atoms with Gasteiger partial charge in [0.25, 0.3) is 5.91 Å². The maximum Gasteiger partial charge on any atom is 0.344 e. The lowest BCUT2D eigenvalue weighted by Crippen LogP contribution is -2.20. The van der Waals surface area contributed by atoms with Crippen LogP contribution in [-0.2, 0) is 4.79 Å². The average molecular weight is 454 g/mol. The molecule has 172 valence electrons. The molecule has 1 saturated carbocycles. The zero-order chi connectivity index (χ0) is 23.3. The third-order valence-electron chi connectivity index (χ3n) is 6.43. The van der Waals surface area contributed by atoms with Crippen molar-refractivity contribution in [1.82, 2.24) is 0 Å². The van der Waals surface area contributed by atoms with Crippen molar-refractivity contribution in [2.45, 2.75) is 38.0 Å². The van der Waals surface area contributed by atoms with Gasteiger partial charge in [0, 0.05) is 11.1 Å². The molecule has 1 heterocycles. The van der Waals surface area contributed by atoms with Crippen LogP contribution in [0.5, 0.6) is 5.75 Å². The Morgan fingerprint density at radius 2 is 1.71 bits per heavy atom. The van der Waals surface area contributed by atoms with Crippen LogP contribution in [0.25, 0.3) is 22.1 Å². The van der Waals surface area contributed by atoms with Gasteiger partial charge in [-0.2, -0.15) is 0 Å². The first-order valence-corrected chi connectivity index (χ1v) is 11.8. The molecule has 4 aromatic rings. The number of amides is 1. The van der Waals surface area contributed by atoms with Crippen LogP contribution in [0, 0.1) is 0 Å². The third kappa shape index (κ3) is 5.04. The molecule has 0 bridgehead atoms. The van der Waals surface area contributed by atoms with Crippen molar-refractivity contribution in [2.75, 3.05) is 11.9 Å². The molecule has 34 heavy (non-hydrogen) atoms. The number of carbonyl (C=O) groups is 1. The van der Waals surface area contributed by atoms with E-state index in [0.29, 0.717) is 34.1 Å². The van der Waals surface area contributed by atoms with Crippen LogP contribution in [-0.4, -0.2) is 12.5 Å². The van der Waals surface area contributed by atoms with Gasteiger partial charge >= 0.3 is 5.63 Å². The molecule has 0 radical (unpaired) electrons. The summed E-state index contributed by atoms with van der Waals surface area (Å²) in [6.07, 6.45) is 6.45. The number of para-hydroxylation sites is 1. The first-order chi connectivity index (χ1) is 16.7. The summed E-state index contributed by atoms with van der Waals surface area (Å²) in [6.45, 7) is -0.0921. The SMILES string of the molecule is O=C(COc1ccc(C2CCCCC2)cc1)Nc1cccc(-c2cc3ccccc3oc2=O)c1. The van der Waals surface area contributed by atoms with Crippen molar-refractivity contribution in [3.8, 4) is 16.9 Å². The molecular formula is C29H27NO4. The van der Waals surface area contributed by atoms with Crippen LogP contribution in [0.2, 0.25) is 0 Å². The number of ether oxygens (including phenoxy) is 1. The molecule has 0 unspecified atom stereocenters. The van der Waals surface area contributed by atoms with E-state index >= 15 is 0 Å². The first kappa shape index (κ1) is 22.0. The lowest BCUT2D eigenvalue weighted by molar-refractivity contribution is -0.118. The zero-order valence-corrected chi connectivity index (χ0v) is 19.0. The molecule has 1 aliphatic rings. The number of hydrogen-bond acceptors (Lipinski definition) is 4. The number of anilines is 1. The summed E-state index contributed by atoms with van der Waals surface area (Å²) in [6, 6.07) is 24.5. The fourth-order valence-corrected chi connectivity index (χ4v) is 4.65. The van der Waals surface area contributed by atoms with Crippen molar-refractivity contribution in [3.05, 3.63) is 94.8 Å². The minimum absolute atomic E-state index is 0.0921. The minimum Gasteiger partial charge on any atom is -0.484 e. The Kier molecular flexibility index (Phi) is 6.43. The topological polar surface area (TPSA) is 68.5 Å². The molecular weight excluding hydrogens is 426 g/mol. The lowest BCUT2D eigenvalue weighted by Gasteiger charge is -2.22. The van der Waals surface area contributed by atoms with Crippen LogP contribution in [0.3, 0.4) is 0 Å². The molecule has 5 heteroatoms. The van der Waals surface area contributed by atoms with E-state index in [9.17, 15) is 9.59 Å². The van der Waals surface area contributed by atoms with E-state index in [-0.39, 0.29) is 12.5 Å². The van der Waals surface area contributed by atoms with Crippen LogP contribution < -0.4 is 15.7 Å². The lowest BCUT2D eigenvalue weighted by atomic mass is 9.84. The number of rotatable bonds is 6. The fraction of sp³-hybridized carbons (Fsp3) is 0.241. The molecule has 3 aromatic carbocycles. The molecule has 0 aliphatic heterocycles. The molecule has 1 aromatic heterocycles. The van der Waals surface area contributed by atoms with Gasteiger partial charge in [0.1, 0.15) is 11.3 Å². The summed E-state index contributed by atoms with van der Waals surface area (Å²) >= 11 is 0. The Labute approximate surface area is 198 Å². The highest BCUT2D eigenvalue weighted by molar-refractivity contribution is 5.92. The largest absolute Gasteiger partial charge is 0.484 e. The van der Waals surface area contributed by atoms with Crippen LogP contribution in [0.4, 0.5) is 5.69 Å². The van der Waals surface area contributed by atoms with Gasteiger partial charge in [-0.25, -0.2) is 4.79 Å². The standard InChI is InChI=1S/C29H27NO4/c31-28(19-33-25-15-13-21(14-16-25)20-7-2-1-3-8-20)30-24-11-6-10-22(17-24)26-18-23-9-4-5-12-27(23)34-29(26)32/h4-6,9-18,20H,1-3,7-8,19H2,(H,30,31). The predicted molar refractivity (Wildman–Crippen MR) is 134 cm³/mol. The van der Waals surface area contributed by atoms with Gasteiger partial charge in [0.05, 0.1) is 5.56 Å². The van der Waals surface area contributed by atoms with Gasteiger partial charge in [-0.1, -0.05) is 61.7 Å². The van der Waals surface area contributed by atoms with E-state index in [0.717, 1.165) is 5.39 Å². The van der Waals surface area contributed by atoms with Gasteiger partial charge in [-0.3, -0.25) is 4.79 Å². The highest BCUT2D eigenvalue weighted by Gasteiger charge is 2.15. The van der Waals surface area contributed by atoms with E-state index in [1.165, 1.54) is 37.7 Å². The van der Waals surface area contributed by atoms with Crippen LogP contribution in [0.1, 0.15) is 43.6 Å². The second-order valence-corrected chi connectivity index (χ2v) is 8.81. The van der Waals surface area contributed by atoms with Crippen molar-refractivity contribution in [2.24, 2.45) is 0 Å². The Bertz CT molecular complexity index is 1350. The number of benzene rings is 3. The maximum absolute atomic E-state index is 12.5. The Balaban J connectivity index is 1.22. The smallest absolute Gasteiger partial charge is 0.344 e. The summed E-state index contributed by atoms with van der Waals surface area (Å²) in [5.74, 6) is 1.06. The van der Waals surface area contributed by atoms with Crippen molar-refractivity contribution in [3.63, 3.8) is 0 Å². The summed E-state index contributed by atoms with van der Waals surface area (Å²) in [4.78, 5) is 25.0. The predicted octanol–water partition coefficient (Wildman–Crippen LogP) is 6.53. The molecule has 0 spiro atoms. The summed E-state index contributed by atoms with van der Waals surface area (Å²) in [5.41, 5.74) is 3.20. The van der Waals surface area contributed by atoms with E-state index in [1.54, 1.807) is 24.3 Å². The van der Waals surface area contributed by atoms with Gasteiger partial charge in [0.15, 0.2) is 6.61 Å². The summed E-state index contributed by atoms with van der Waals surface area (Å²) < 4.78 is 11.1. The first-order valence-electron chi connectivity index (χ1n) is 11.8.